The summed E-state index contributed by atoms with van der Waals surface area (Å²) in [6, 6.07) is 5.95. The summed E-state index contributed by atoms with van der Waals surface area (Å²) in [6.45, 7) is 1.87. The normalized spacial score (nSPS) is 34.0. The highest BCUT2D eigenvalue weighted by Gasteiger charge is 2.59. The molecule has 2 atom stereocenters. The van der Waals surface area contributed by atoms with Gasteiger partial charge in [-0.25, -0.2) is 4.39 Å². The number of aryl methyl sites for hydroxylation is 1. The molecule has 1 amide bonds. The van der Waals surface area contributed by atoms with Gasteiger partial charge in [0.15, 0.2) is 5.82 Å². The third-order valence-corrected chi connectivity index (χ3v) is 6.75. The molecule has 27 heavy (non-hydrogen) atoms. The van der Waals surface area contributed by atoms with Crippen LogP contribution in [-0.4, -0.2) is 26.1 Å². The minimum Gasteiger partial charge on any atom is -0.326 e. The fourth-order valence-corrected chi connectivity index (χ4v) is 6.41. The number of carbonyl (C=O) groups is 1. The lowest BCUT2D eigenvalue weighted by Gasteiger charge is -2.61. The Morgan fingerprint density at radius 3 is 2.56 bits per heavy atom. The number of hydrogen-bond acceptors (Lipinski definition) is 4. The van der Waals surface area contributed by atoms with Gasteiger partial charge >= 0.3 is 0 Å². The van der Waals surface area contributed by atoms with Crippen LogP contribution in [0.25, 0.3) is 0 Å². The van der Waals surface area contributed by atoms with E-state index in [0.29, 0.717) is 29.8 Å². The van der Waals surface area contributed by atoms with Gasteiger partial charge in [0.25, 0.3) is 0 Å². The van der Waals surface area contributed by atoms with Crippen molar-refractivity contribution in [2.24, 2.45) is 17.3 Å². The van der Waals surface area contributed by atoms with Crippen LogP contribution in [0.2, 0.25) is 0 Å². The summed E-state index contributed by atoms with van der Waals surface area (Å²) in [5.41, 5.74) is 0.575. The highest BCUT2D eigenvalue weighted by Crippen LogP contribution is 2.65. The second-order valence-electron chi connectivity index (χ2n) is 9.04. The SMILES string of the molecule is Cc1nnn(C23C[C@H]4C[C@@H](CC(CC(=O)Nc5ccc(F)cc5)(C4)C2)C3)n1. The highest BCUT2D eigenvalue weighted by atomic mass is 19.1. The number of carbonyl (C=O) groups excluding carboxylic acids is 1. The van der Waals surface area contributed by atoms with E-state index in [1.807, 2.05) is 11.7 Å². The topological polar surface area (TPSA) is 72.7 Å². The number of amides is 1. The van der Waals surface area contributed by atoms with E-state index < -0.39 is 0 Å². The zero-order valence-electron chi connectivity index (χ0n) is 15.5. The Kier molecular flexibility index (Phi) is 3.64. The highest BCUT2D eigenvalue weighted by molar-refractivity contribution is 5.91. The molecule has 1 aromatic carbocycles. The molecule has 6 rings (SSSR count). The number of halogens is 1. The number of hydrogen-bond donors (Lipinski definition) is 1. The number of tetrazole rings is 1. The molecule has 0 aliphatic heterocycles. The molecule has 6 nitrogen and oxygen atoms in total. The molecule has 7 heteroatoms. The van der Waals surface area contributed by atoms with Crippen LogP contribution in [0, 0.1) is 30.0 Å². The Hall–Kier alpha value is -2.31. The summed E-state index contributed by atoms with van der Waals surface area (Å²) in [5.74, 6) is 1.69. The van der Waals surface area contributed by atoms with E-state index >= 15 is 0 Å². The fourth-order valence-electron chi connectivity index (χ4n) is 6.41. The third-order valence-electron chi connectivity index (χ3n) is 6.75. The van der Waals surface area contributed by atoms with Gasteiger partial charge in [-0.2, -0.15) is 4.80 Å². The van der Waals surface area contributed by atoms with E-state index in [-0.39, 0.29) is 22.7 Å². The molecule has 1 aromatic heterocycles. The van der Waals surface area contributed by atoms with Crippen LogP contribution in [-0.2, 0) is 10.3 Å². The van der Waals surface area contributed by atoms with Crippen molar-refractivity contribution in [1.29, 1.82) is 0 Å². The Bertz CT molecular complexity index is 863. The van der Waals surface area contributed by atoms with Gasteiger partial charge in [-0.15, -0.1) is 10.2 Å². The fraction of sp³-hybridized carbons (Fsp3) is 0.600. The Balaban J connectivity index is 1.37. The second-order valence-corrected chi connectivity index (χ2v) is 9.04. The third kappa shape index (κ3) is 2.93. The first kappa shape index (κ1) is 16.8. The van der Waals surface area contributed by atoms with Crippen molar-refractivity contribution in [1.82, 2.24) is 20.2 Å². The van der Waals surface area contributed by atoms with E-state index in [1.165, 1.54) is 18.6 Å². The number of rotatable bonds is 4. The molecule has 142 valence electrons. The van der Waals surface area contributed by atoms with Crippen LogP contribution < -0.4 is 5.32 Å². The van der Waals surface area contributed by atoms with Gasteiger partial charge in [0.05, 0.1) is 5.54 Å². The first-order valence-electron chi connectivity index (χ1n) is 9.76. The van der Waals surface area contributed by atoms with Crippen molar-refractivity contribution >= 4 is 11.6 Å². The standard InChI is InChI=1S/C20H24FN5O/c1-13-23-25-26(24-13)20-9-14-6-15(10-20)8-19(7-14,12-20)11-18(27)22-17-4-2-16(21)3-5-17/h2-5,14-15H,6-12H2,1H3,(H,22,27)/t14-,15-,19?,20?/m0/s1. The molecule has 1 heterocycles. The van der Waals surface area contributed by atoms with Gasteiger partial charge in [-0.1, -0.05) is 0 Å². The van der Waals surface area contributed by atoms with Crippen molar-refractivity contribution in [3.05, 3.63) is 35.9 Å². The molecular formula is C20H24FN5O. The van der Waals surface area contributed by atoms with Crippen molar-refractivity contribution in [3.63, 3.8) is 0 Å². The number of nitrogens with zero attached hydrogens (tertiary/aromatic N) is 4. The quantitative estimate of drug-likeness (QED) is 0.896. The number of anilines is 1. The van der Waals surface area contributed by atoms with Crippen LogP contribution in [0.5, 0.6) is 0 Å². The summed E-state index contributed by atoms with van der Waals surface area (Å²) in [7, 11) is 0. The number of aromatic nitrogens is 4. The Morgan fingerprint density at radius 2 is 1.93 bits per heavy atom. The van der Waals surface area contributed by atoms with Gasteiger partial charge in [0.1, 0.15) is 5.82 Å². The lowest BCUT2D eigenvalue weighted by atomic mass is 9.46. The predicted octanol–water partition coefficient (Wildman–Crippen LogP) is 3.44. The second kappa shape index (κ2) is 5.84. The summed E-state index contributed by atoms with van der Waals surface area (Å²) >= 11 is 0. The van der Waals surface area contributed by atoms with Crippen molar-refractivity contribution in [2.75, 3.05) is 5.32 Å². The first-order valence-corrected chi connectivity index (χ1v) is 9.76. The lowest BCUT2D eigenvalue weighted by Crippen LogP contribution is -2.57. The molecule has 4 aliphatic rings. The molecule has 2 aromatic rings. The molecule has 1 N–H and O–H groups in total. The van der Waals surface area contributed by atoms with Gasteiger partial charge in [0, 0.05) is 12.1 Å². The zero-order chi connectivity index (χ0) is 18.6. The minimum atomic E-state index is -0.299. The van der Waals surface area contributed by atoms with Crippen LogP contribution in [0.1, 0.15) is 50.8 Å². The summed E-state index contributed by atoms with van der Waals surface area (Å²) in [4.78, 5) is 14.6. The lowest BCUT2D eigenvalue weighted by molar-refractivity contribution is -0.135. The molecule has 0 unspecified atom stereocenters. The van der Waals surface area contributed by atoms with Crippen LogP contribution in [0.3, 0.4) is 0 Å². The molecule has 4 saturated carbocycles. The van der Waals surface area contributed by atoms with Crippen molar-refractivity contribution in [2.45, 2.75) is 57.4 Å². The summed E-state index contributed by atoms with van der Waals surface area (Å²) in [5, 5.41) is 15.9. The average Bonchev–Trinajstić information content (AvgIpc) is 3.02. The molecule has 4 aliphatic carbocycles. The van der Waals surface area contributed by atoms with E-state index in [0.717, 1.165) is 32.1 Å². The van der Waals surface area contributed by atoms with E-state index in [1.54, 1.807) is 12.1 Å². The van der Waals surface area contributed by atoms with Gasteiger partial charge in [-0.3, -0.25) is 4.79 Å². The van der Waals surface area contributed by atoms with Gasteiger partial charge in [-0.05, 0) is 92.2 Å². The van der Waals surface area contributed by atoms with E-state index in [4.69, 9.17) is 0 Å². The molecule has 4 bridgehead atoms. The zero-order valence-corrected chi connectivity index (χ0v) is 15.5. The maximum absolute atomic E-state index is 13.1. The van der Waals surface area contributed by atoms with Crippen LogP contribution >= 0.6 is 0 Å². The first-order chi connectivity index (χ1) is 12.9. The van der Waals surface area contributed by atoms with Crippen LogP contribution in [0.4, 0.5) is 10.1 Å². The maximum Gasteiger partial charge on any atom is 0.224 e. The summed E-state index contributed by atoms with van der Waals surface area (Å²) in [6.07, 6.45) is 7.12. The summed E-state index contributed by atoms with van der Waals surface area (Å²) < 4.78 is 13.1. The number of nitrogens with one attached hydrogen (secondary N) is 1. The average molecular weight is 369 g/mol. The molecule has 0 spiro atoms. The minimum absolute atomic E-state index is 0.00965. The maximum atomic E-state index is 13.1. The van der Waals surface area contributed by atoms with Crippen LogP contribution in [0.15, 0.2) is 24.3 Å². The Labute approximate surface area is 157 Å². The monoisotopic (exact) mass is 369 g/mol. The smallest absolute Gasteiger partial charge is 0.224 e. The molecule has 0 radical (unpaired) electrons. The van der Waals surface area contributed by atoms with E-state index in [9.17, 15) is 9.18 Å². The largest absolute Gasteiger partial charge is 0.326 e. The molecular weight excluding hydrogens is 345 g/mol. The van der Waals surface area contributed by atoms with E-state index in [2.05, 4.69) is 20.7 Å². The van der Waals surface area contributed by atoms with Gasteiger partial charge in [0.2, 0.25) is 5.91 Å². The van der Waals surface area contributed by atoms with Gasteiger partial charge < -0.3 is 5.32 Å². The van der Waals surface area contributed by atoms with Crippen molar-refractivity contribution < 1.29 is 9.18 Å². The Morgan fingerprint density at radius 1 is 1.22 bits per heavy atom. The number of benzene rings is 1. The molecule has 4 fully saturated rings. The predicted molar refractivity (Wildman–Crippen MR) is 97.3 cm³/mol. The van der Waals surface area contributed by atoms with Crippen molar-refractivity contribution in [3.8, 4) is 0 Å². The molecule has 0 saturated heterocycles.